The largest absolute Gasteiger partial charge is 0.388 e. The molecule has 0 aliphatic carbocycles. The zero-order valence-corrected chi connectivity index (χ0v) is 14.6. The summed E-state index contributed by atoms with van der Waals surface area (Å²) in [5.74, 6) is 1.72. The highest BCUT2D eigenvalue weighted by Gasteiger charge is 2.18. The number of rotatable bonds is 5. The minimum absolute atomic E-state index is 0.306. The smallest absolute Gasteiger partial charge is 0.174 e. The third kappa shape index (κ3) is 3.04. The number of pyridine rings is 1. The first-order valence-corrected chi connectivity index (χ1v) is 8.14. The number of benzene rings is 1. The van der Waals surface area contributed by atoms with Crippen molar-refractivity contribution in [3.8, 4) is 0 Å². The third-order valence-electron chi connectivity index (χ3n) is 3.68. The van der Waals surface area contributed by atoms with E-state index in [0.29, 0.717) is 18.3 Å². The van der Waals surface area contributed by atoms with Crippen LogP contribution in [-0.4, -0.2) is 20.2 Å². The van der Waals surface area contributed by atoms with Gasteiger partial charge in [-0.1, -0.05) is 37.2 Å². The monoisotopic (exact) mass is 325 g/mol. The van der Waals surface area contributed by atoms with Crippen molar-refractivity contribution in [2.45, 2.75) is 40.8 Å². The number of imidazole rings is 1. The molecule has 0 fully saturated rings. The molecule has 0 atom stereocenters. The molecule has 2 heterocycles. The average molecular weight is 325 g/mol. The highest BCUT2D eigenvalue weighted by molar-refractivity contribution is 6.06. The quantitative estimate of drug-likeness (QED) is 0.572. The number of oxime groups is 1. The summed E-state index contributed by atoms with van der Waals surface area (Å²) in [5.41, 5.74) is 9.65. The predicted molar refractivity (Wildman–Crippen MR) is 97.9 cm³/mol. The van der Waals surface area contributed by atoms with Gasteiger partial charge < -0.3 is 15.1 Å². The van der Waals surface area contributed by atoms with E-state index in [2.05, 4.69) is 34.6 Å². The van der Waals surface area contributed by atoms with Crippen LogP contribution in [0, 0.1) is 5.92 Å². The van der Waals surface area contributed by atoms with E-state index in [1.54, 1.807) is 0 Å². The molecule has 2 N–H and O–H groups in total. The van der Waals surface area contributed by atoms with Gasteiger partial charge in [0, 0.05) is 11.9 Å². The van der Waals surface area contributed by atoms with Crippen molar-refractivity contribution in [3.63, 3.8) is 0 Å². The normalized spacial score (nSPS) is 11.4. The summed E-state index contributed by atoms with van der Waals surface area (Å²) < 4.78 is 2.18. The highest BCUT2D eigenvalue weighted by Crippen LogP contribution is 2.29. The Bertz CT molecular complexity index is 907. The number of nitrogen functional groups attached to an aromatic ring is 1. The molecule has 1 aromatic carbocycles. The van der Waals surface area contributed by atoms with Crippen LogP contribution in [0.15, 0.2) is 29.4 Å². The Kier molecular flexibility index (Phi) is 4.38. The number of nitrogens with zero attached hydrogens (tertiary/aromatic N) is 4. The van der Waals surface area contributed by atoms with E-state index in [0.717, 1.165) is 40.0 Å². The van der Waals surface area contributed by atoms with E-state index in [4.69, 9.17) is 15.6 Å². The molecular weight excluding hydrogens is 302 g/mol. The lowest BCUT2D eigenvalue weighted by Gasteiger charge is -2.12. The van der Waals surface area contributed by atoms with E-state index in [1.165, 1.54) is 0 Å². The van der Waals surface area contributed by atoms with E-state index < -0.39 is 0 Å². The third-order valence-corrected chi connectivity index (χ3v) is 3.68. The van der Waals surface area contributed by atoms with Crippen LogP contribution in [0.2, 0.25) is 0 Å². The number of anilines is 1. The Labute approximate surface area is 141 Å². The van der Waals surface area contributed by atoms with E-state index in [1.807, 2.05) is 32.0 Å². The minimum Gasteiger partial charge on any atom is -0.388 e. The SMILES string of the molecule is CC(C)=NOCc1nc2c(N)nc3ccccc3c2n1CC(C)C. The van der Waals surface area contributed by atoms with Crippen molar-refractivity contribution >= 4 is 33.5 Å². The van der Waals surface area contributed by atoms with E-state index >= 15 is 0 Å². The first kappa shape index (κ1) is 16.2. The van der Waals surface area contributed by atoms with Gasteiger partial charge in [0.2, 0.25) is 0 Å². The number of nitrogens with two attached hydrogens (primary N) is 1. The summed E-state index contributed by atoms with van der Waals surface area (Å²) in [6, 6.07) is 8.00. The second-order valence-electron chi connectivity index (χ2n) is 6.56. The summed E-state index contributed by atoms with van der Waals surface area (Å²) >= 11 is 0. The van der Waals surface area contributed by atoms with Gasteiger partial charge >= 0.3 is 0 Å². The summed E-state index contributed by atoms with van der Waals surface area (Å²) in [6.07, 6.45) is 0. The van der Waals surface area contributed by atoms with Gasteiger partial charge in [0.05, 0.1) is 16.7 Å². The van der Waals surface area contributed by atoms with Crippen LogP contribution in [0.25, 0.3) is 21.9 Å². The number of hydrogen-bond donors (Lipinski definition) is 1. The molecule has 3 rings (SSSR count). The molecule has 0 bridgehead atoms. The second kappa shape index (κ2) is 6.47. The Morgan fingerprint density at radius 3 is 2.71 bits per heavy atom. The molecule has 6 heteroatoms. The molecule has 2 aromatic heterocycles. The second-order valence-corrected chi connectivity index (χ2v) is 6.56. The molecule has 0 amide bonds. The average Bonchev–Trinajstić information content (AvgIpc) is 2.86. The van der Waals surface area contributed by atoms with Crippen molar-refractivity contribution in [1.29, 1.82) is 0 Å². The minimum atomic E-state index is 0.306. The van der Waals surface area contributed by atoms with Gasteiger partial charge in [-0.2, -0.15) is 0 Å². The highest BCUT2D eigenvalue weighted by atomic mass is 16.6. The Morgan fingerprint density at radius 2 is 2.00 bits per heavy atom. The summed E-state index contributed by atoms with van der Waals surface area (Å²) in [5, 5.41) is 5.06. The molecule has 0 unspecified atom stereocenters. The van der Waals surface area contributed by atoms with Crippen LogP contribution in [-0.2, 0) is 18.0 Å². The molecule has 6 nitrogen and oxygen atoms in total. The maximum Gasteiger partial charge on any atom is 0.174 e. The van der Waals surface area contributed by atoms with Crippen molar-refractivity contribution in [2.75, 3.05) is 5.73 Å². The van der Waals surface area contributed by atoms with Gasteiger partial charge in [0.15, 0.2) is 18.2 Å². The van der Waals surface area contributed by atoms with Crippen LogP contribution in [0.1, 0.15) is 33.5 Å². The summed E-state index contributed by atoms with van der Waals surface area (Å²) in [6.45, 7) is 9.28. The van der Waals surface area contributed by atoms with Crippen molar-refractivity contribution in [3.05, 3.63) is 30.1 Å². The standard InChI is InChI=1S/C18H23N5O/c1-11(2)9-23-15(10-24-22-12(3)4)21-16-17(23)13-7-5-6-8-14(13)20-18(16)19/h5-8,11H,9-10H2,1-4H3,(H2,19,20). The van der Waals surface area contributed by atoms with Gasteiger partial charge in [-0.25, -0.2) is 9.97 Å². The number of aromatic nitrogens is 3. The molecule has 0 saturated carbocycles. The van der Waals surface area contributed by atoms with E-state index in [-0.39, 0.29) is 0 Å². The molecule has 0 spiro atoms. The lowest BCUT2D eigenvalue weighted by atomic mass is 10.1. The molecular formula is C18H23N5O. The number of hydrogen-bond acceptors (Lipinski definition) is 5. The Balaban J connectivity index is 2.22. The van der Waals surface area contributed by atoms with Crippen molar-refractivity contribution in [1.82, 2.24) is 14.5 Å². The zero-order chi connectivity index (χ0) is 17.3. The van der Waals surface area contributed by atoms with Gasteiger partial charge in [-0.15, -0.1) is 0 Å². The molecule has 0 saturated heterocycles. The van der Waals surface area contributed by atoms with Crippen molar-refractivity contribution < 1.29 is 4.84 Å². The topological polar surface area (TPSA) is 78.3 Å². The van der Waals surface area contributed by atoms with Gasteiger partial charge in [-0.3, -0.25) is 0 Å². The van der Waals surface area contributed by atoms with Crippen LogP contribution in [0.4, 0.5) is 5.82 Å². The fraction of sp³-hybridized carbons (Fsp3) is 0.389. The number of fused-ring (bicyclic) bond motifs is 3. The zero-order valence-electron chi connectivity index (χ0n) is 14.6. The summed E-state index contributed by atoms with van der Waals surface area (Å²) in [7, 11) is 0. The molecule has 126 valence electrons. The lowest BCUT2D eigenvalue weighted by molar-refractivity contribution is 0.121. The first-order chi connectivity index (χ1) is 11.5. The Morgan fingerprint density at radius 1 is 1.25 bits per heavy atom. The summed E-state index contributed by atoms with van der Waals surface area (Å²) in [4.78, 5) is 14.6. The Hall–Kier alpha value is -2.63. The molecule has 0 radical (unpaired) electrons. The van der Waals surface area contributed by atoms with Crippen LogP contribution in [0.3, 0.4) is 0 Å². The predicted octanol–water partition coefficient (Wildman–Crippen LogP) is 3.74. The van der Waals surface area contributed by atoms with Crippen molar-refractivity contribution in [2.24, 2.45) is 11.1 Å². The fourth-order valence-electron chi connectivity index (χ4n) is 2.80. The molecule has 0 aliphatic heterocycles. The van der Waals surface area contributed by atoms with Gasteiger partial charge in [-0.05, 0) is 25.8 Å². The van der Waals surface area contributed by atoms with Gasteiger partial charge in [0.25, 0.3) is 0 Å². The maximum atomic E-state index is 6.16. The maximum absolute atomic E-state index is 6.16. The molecule has 0 aliphatic rings. The van der Waals surface area contributed by atoms with Crippen LogP contribution >= 0.6 is 0 Å². The number of para-hydroxylation sites is 1. The van der Waals surface area contributed by atoms with Gasteiger partial charge in [0.1, 0.15) is 5.52 Å². The van der Waals surface area contributed by atoms with Crippen LogP contribution in [0.5, 0.6) is 0 Å². The van der Waals surface area contributed by atoms with Crippen LogP contribution < -0.4 is 5.73 Å². The fourth-order valence-corrected chi connectivity index (χ4v) is 2.80. The first-order valence-electron chi connectivity index (χ1n) is 8.14. The lowest BCUT2D eigenvalue weighted by Crippen LogP contribution is -2.09. The molecule has 24 heavy (non-hydrogen) atoms. The molecule has 3 aromatic rings. The van der Waals surface area contributed by atoms with E-state index in [9.17, 15) is 0 Å².